The van der Waals surface area contributed by atoms with Crippen molar-refractivity contribution in [1.29, 1.82) is 5.26 Å². The van der Waals surface area contributed by atoms with Crippen LogP contribution < -0.4 is 0 Å². The van der Waals surface area contributed by atoms with Gasteiger partial charge in [-0.1, -0.05) is 0 Å². The molecule has 0 spiro atoms. The van der Waals surface area contributed by atoms with E-state index in [0.29, 0.717) is 11.1 Å². The minimum Gasteiger partial charge on any atom is -0.207 e. The van der Waals surface area contributed by atoms with Gasteiger partial charge in [0, 0.05) is 10.7 Å². The Morgan fingerprint density at radius 1 is 1.46 bits per heavy atom. The number of rotatable bonds is 1. The highest BCUT2D eigenvalue weighted by Crippen LogP contribution is 2.18. The van der Waals surface area contributed by atoms with Gasteiger partial charge in [-0.15, -0.1) is 0 Å². The van der Waals surface area contributed by atoms with Crippen molar-refractivity contribution in [2.45, 2.75) is 11.8 Å². The van der Waals surface area contributed by atoms with Gasteiger partial charge in [-0.25, -0.2) is 8.42 Å². The second kappa shape index (κ2) is 3.36. The Kier molecular flexibility index (Phi) is 2.60. The minimum absolute atomic E-state index is 0.0191. The number of nitriles is 1. The first-order chi connectivity index (χ1) is 5.95. The highest BCUT2D eigenvalue weighted by atomic mass is 35.7. The fraction of sp³-hybridized carbons (Fsp3) is 0.125. The zero-order chi connectivity index (χ0) is 10.1. The second-order valence-corrected chi connectivity index (χ2v) is 5.09. The van der Waals surface area contributed by atoms with E-state index in [1.54, 1.807) is 6.92 Å². The summed E-state index contributed by atoms with van der Waals surface area (Å²) in [5, 5.41) is 8.58. The van der Waals surface area contributed by atoms with Crippen LogP contribution >= 0.6 is 10.7 Å². The molecule has 0 saturated carbocycles. The van der Waals surface area contributed by atoms with Crippen molar-refractivity contribution in [3.8, 4) is 6.07 Å². The zero-order valence-electron chi connectivity index (χ0n) is 6.78. The van der Waals surface area contributed by atoms with Crippen molar-refractivity contribution in [3.63, 3.8) is 0 Å². The number of aryl methyl sites for hydroxylation is 1. The molecule has 0 aliphatic carbocycles. The van der Waals surface area contributed by atoms with Crippen LogP contribution in [0.3, 0.4) is 0 Å². The van der Waals surface area contributed by atoms with Crippen LogP contribution in [-0.4, -0.2) is 8.42 Å². The Labute approximate surface area is 81.0 Å². The third kappa shape index (κ3) is 2.20. The lowest BCUT2D eigenvalue weighted by atomic mass is 10.1. The van der Waals surface area contributed by atoms with Crippen LogP contribution in [-0.2, 0) is 9.05 Å². The summed E-state index contributed by atoms with van der Waals surface area (Å²) in [4.78, 5) is 0.0191. The summed E-state index contributed by atoms with van der Waals surface area (Å²) in [5.41, 5.74) is 1.05. The lowest BCUT2D eigenvalue weighted by molar-refractivity contribution is 0.609. The molecule has 0 amide bonds. The Morgan fingerprint density at radius 3 is 2.46 bits per heavy atom. The summed E-state index contributed by atoms with van der Waals surface area (Å²) in [7, 11) is 1.43. The van der Waals surface area contributed by atoms with Crippen LogP contribution in [0.5, 0.6) is 0 Å². The molecule has 3 nitrogen and oxygen atoms in total. The van der Waals surface area contributed by atoms with Crippen LogP contribution in [0.2, 0.25) is 0 Å². The number of halogens is 1. The molecule has 0 aliphatic heterocycles. The second-order valence-electron chi connectivity index (χ2n) is 2.53. The van der Waals surface area contributed by atoms with Crippen molar-refractivity contribution in [2.75, 3.05) is 0 Å². The Morgan fingerprint density at radius 2 is 2.08 bits per heavy atom. The van der Waals surface area contributed by atoms with Crippen LogP contribution in [0.4, 0.5) is 0 Å². The van der Waals surface area contributed by atoms with E-state index in [1.165, 1.54) is 18.2 Å². The molecule has 0 bridgehead atoms. The smallest absolute Gasteiger partial charge is 0.207 e. The van der Waals surface area contributed by atoms with E-state index in [2.05, 4.69) is 0 Å². The van der Waals surface area contributed by atoms with E-state index in [4.69, 9.17) is 15.9 Å². The van der Waals surface area contributed by atoms with Gasteiger partial charge in [-0.3, -0.25) is 0 Å². The summed E-state index contributed by atoms with van der Waals surface area (Å²) < 4.78 is 21.7. The lowest BCUT2D eigenvalue weighted by Crippen LogP contribution is -1.92. The third-order valence-corrected chi connectivity index (χ3v) is 2.95. The summed E-state index contributed by atoms with van der Waals surface area (Å²) in [6, 6.07) is 6.06. The van der Waals surface area contributed by atoms with Gasteiger partial charge in [0.2, 0.25) is 0 Å². The maximum absolute atomic E-state index is 10.9. The van der Waals surface area contributed by atoms with Gasteiger partial charge in [0.1, 0.15) is 0 Å². The molecule has 0 unspecified atom stereocenters. The van der Waals surface area contributed by atoms with Crippen molar-refractivity contribution in [1.82, 2.24) is 0 Å². The van der Waals surface area contributed by atoms with E-state index in [0.717, 1.165) is 0 Å². The molecule has 0 fully saturated rings. The van der Waals surface area contributed by atoms with E-state index in [9.17, 15) is 8.42 Å². The quantitative estimate of drug-likeness (QED) is 0.672. The number of benzene rings is 1. The molecule has 0 N–H and O–H groups in total. The molecule has 0 aliphatic rings. The van der Waals surface area contributed by atoms with E-state index < -0.39 is 9.05 Å². The van der Waals surface area contributed by atoms with Crippen molar-refractivity contribution >= 4 is 19.7 Å². The summed E-state index contributed by atoms with van der Waals surface area (Å²) in [6.07, 6.45) is 0. The molecule has 5 heteroatoms. The molecule has 0 atom stereocenters. The molecule has 0 aromatic heterocycles. The Bertz CT molecular complexity index is 473. The average molecular weight is 216 g/mol. The van der Waals surface area contributed by atoms with Crippen LogP contribution in [0.25, 0.3) is 0 Å². The molecule has 1 rings (SSSR count). The number of hydrogen-bond donors (Lipinski definition) is 0. The number of hydrogen-bond acceptors (Lipinski definition) is 3. The molecule has 0 heterocycles. The van der Waals surface area contributed by atoms with Crippen molar-refractivity contribution < 1.29 is 8.42 Å². The Balaban J connectivity index is 3.36. The van der Waals surface area contributed by atoms with Gasteiger partial charge in [0.15, 0.2) is 0 Å². The largest absolute Gasteiger partial charge is 0.261 e. The SMILES string of the molecule is Cc1cc(S(=O)(=O)Cl)ccc1C#N. The molecular formula is C8H6ClNO2S. The standard InChI is InChI=1S/C8H6ClNO2S/c1-6-4-8(13(9,11)12)3-2-7(6)5-10/h2-4H,1H3. The van der Waals surface area contributed by atoms with Gasteiger partial charge in [-0.2, -0.15) is 5.26 Å². The van der Waals surface area contributed by atoms with Crippen LogP contribution in [0, 0.1) is 18.3 Å². The lowest BCUT2D eigenvalue weighted by Gasteiger charge is -1.99. The first-order valence-electron chi connectivity index (χ1n) is 3.40. The molecule has 0 radical (unpaired) electrons. The van der Waals surface area contributed by atoms with E-state index >= 15 is 0 Å². The van der Waals surface area contributed by atoms with Crippen LogP contribution in [0.15, 0.2) is 23.1 Å². The third-order valence-electron chi connectivity index (χ3n) is 1.60. The predicted molar refractivity (Wildman–Crippen MR) is 48.9 cm³/mol. The molecule has 13 heavy (non-hydrogen) atoms. The van der Waals surface area contributed by atoms with E-state index in [1.807, 2.05) is 6.07 Å². The average Bonchev–Trinajstić information content (AvgIpc) is 2.02. The maximum Gasteiger partial charge on any atom is 0.261 e. The number of nitrogens with zero attached hydrogens (tertiary/aromatic N) is 1. The monoisotopic (exact) mass is 215 g/mol. The van der Waals surface area contributed by atoms with Gasteiger partial charge in [-0.05, 0) is 30.7 Å². The van der Waals surface area contributed by atoms with Crippen molar-refractivity contribution in [3.05, 3.63) is 29.3 Å². The highest BCUT2D eigenvalue weighted by molar-refractivity contribution is 8.13. The molecule has 1 aromatic carbocycles. The fourth-order valence-electron chi connectivity index (χ4n) is 0.913. The molecule has 1 aromatic rings. The van der Waals surface area contributed by atoms with Crippen molar-refractivity contribution in [2.24, 2.45) is 0 Å². The highest BCUT2D eigenvalue weighted by Gasteiger charge is 2.10. The van der Waals surface area contributed by atoms with Gasteiger partial charge >= 0.3 is 0 Å². The minimum atomic E-state index is -3.69. The summed E-state index contributed by atoms with van der Waals surface area (Å²) in [6.45, 7) is 1.66. The summed E-state index contributed by atoms with van der Waals surface area (Å²) in [5.74, 6) is 0. The molecule has 68 valence electrons. The first-order valence-corrected chi connectivity index (χ1v) is 5.71. The first kappa shape index (κ1) is 10.0. The summed E-state index contributed by atoms with van der Waals surface area (Å²) >= 11 is 0. The maximum atomic E-state index is 10.9. The molecular weight excluding hydrogens is 210 g/mol. The predicted octanol–water partition coefficient (Wildman–Crippen LogP) is 1.79. The van der Waals surface area contributed by atoms with Crippen LogP contribution in [0.1, 0.15) is 11.1 Å². The zero-order valence-corrected chi connectivity index (χ0v) is 8.35. The van der Waals surface area contributed by atoms with Gasteiger partial charge in [0.25, 0.3) is 9.05 Å². The topological polar surface area (TPSA) is 57.9 Å². The van der Waals surface area contributed by atoms with E-state index in [-0.39, 0.29) is 4.90 Å². The molecule has 0 saturated heterocycles. The fourth-order valence-corrected chi connectivity index (χ4v) is 1.75. The normalized spacial score (nSPS) is 10.8. The van der Waals surface area contributed by atoms with Gasteiger partial charge < -0.3 is 0 Å². The van der Waals surface area contributed by atoms with Gasteiger partial charge in [0.05, 0.1) is 16.5 Å². The Hall–Kier alpha value is -1.05.